The highest BCUT2D eigenvalue weighted by Gasteiger charge is 2.13. The number of amides is 2. The lowest BCUT2D eigenvalue weighted by Gasteiger charge is -2.19. The molecule has 0 saturated carbocycles. The van der Waals surface area contributed by atoms with Crippen LogP contribution in [-0.4, -0.2) is 64.0 Å². The second kappa shape index (κ2) is 16.5. The highest BCUT2D eigenvalue weighted by Crippen LogP contribution is 2.08. The van der Waals surface area contributed by atoms with E-state index < -0.39 is 0 Å². The number of benzene rings is 2. The van der Waals surface area contributed by atoms with E-state index in [1.165, 1.54) is 0 Å². The van der Waals surface area contributed by atoms with Crippen molar-refractivity contribution < 1.29 is 28.5 Å². The van der Waals surface area contributed by atoms with Crippen molar-refractivity contribution in [2.75, 3.05) is 46.2 Å². The molecule has 0 radical (unpaired) electrons. The summed E-state index contributed by atoms with van der Waals surface area (Å²) in [4.78, 5) is 24.1. The van der Waals surface area contributed by atoms with E-state index in [2.05, 4.69) is 10.6 Å². The van der Waals surface area contributed by atoms with Gasteiger partial charge in [-0.1, -0.05) is 49.7 Å². The van der Waals surface area contributed by atoms with Crippen LogP contribution in [0.15, 0.2) is 60.7 Å². The molecule has 2 N–H and O–H groups in total. The van der Waals surface area contributed by atoms with E-state index in [4.69, 9.17) is 18.9 Å². The number of nitrogens with one attached hydrogen (secondary N) is 2. The Kier molecular flexibility index (Phi) is 13.1. The maximum absolute atomic E-state index is 12.1. The maximum atomic E-state index is 12.1. The lowest BCUT2D eigenvalue weighted by molar-refractivity contribution is -0.128. The van der Waals surface area contributed by atoms with Gasteiger partial charge in [0.1, 0.15) is 37.9 Å². The van der Waals surface area contributed by atoms with Gasteiger partial charge in [0.15, 0.2) is 0 Å². The monoisotopic (exact) mass is 458 g/mol. The number of ether oxygens (including phenoxy) is 4. The largest absolute Gasteiger partial charge is 0.491 e. The van der Waals surface area contributed by atoms with Gasteiger partial charge in [-0.2, -0.15) is 0 Å². The molecule has 0 aliphatic rings. The van der Waals surface area contributed by atoms with Crippen LogP contribution in [0.25, 0.3) is 0 Å². The van der Waals surface area contributed by atoms with Gasteiger partial charge in [-0.05, 0) is 30.7 Å². The van der Waals surface area contributed by atoms with Gasteiger partial charge in [0, 0.05) is 12.6 Å². The lowest BCUT2D eigenvalue weighted by Crippen LogP contribution is -2.45. The first-order valence-corrected chi connectivity index (χ1v) is 11.2. The lowest BCUT2D eigenvalue weighted by atomic mass is 10.1. The zero-order chi connectivity index (χ0) is 23.6. The number of carbonyl (C=O) groups is 2. The molecule has 2 aromatic rings. The van der Waals surface area contributed by atoms with E-state index in [1.807, 2.05) is 67.6 Å². The van der Waals surface area contributed by atoms with Crippen LogP contribution in [0.2, 0.25) is 0 Å². The summed E-state index contributed by atoms with van der Waals surface area (Å²) in [6.45, 7) is 3.58. The number of rotatable bonds is 17. The van der Waals surface area contributed by atoms with Gasteiger partial charge in [-0.25, -0.2) is 0 Å². The highest BCUT2D eigenvalue weighted by molar-refractivity contribution is 5.78. The van der Waals surface area contributed by atoms with Gasteiger partial charge >= 0.3 is 0 Å². The fraction of sp³-hybridized carbons (Fsp3) is 0.440. The van der Waals surface area contributed by atoms with Gasteiger partial charge in [-0.15, -0.1) is 0 Å². The molecule has 2 rings (SSSR count). The molecule has 0 aromatic heterocycles. The second-order valence-corrected chi connectivity index (χ2v) is 7.29. The van der Waals surface area contributed by atoms with E-state index in [0.29, 0.717) is 33.0 Å². The molecule has 0 heterocycles. The third kappa shape index (κ3) is 12.5. The maximum Gasteiger partial charge on any atom is 0.246 e. The molecule has 8 heteroatoms. The Hall–Kier alpha value is -3.10. The molecule has 8 nitrogen and oxygen atoms in total. The first kappa shape index (κ1) is 26.2. The van der Waals surface area contributed by atoms with Gasteiger partial charge < -0.3 is 29.6 Å². The van der Waals surface area contributed by atoms with Crippen LogP contribution < -0.4 is 20.1 Å². The molecule has 0 saturated heterocycles. The quantitative estimate of drug-likeness (QED) is 0.354. The first-order chi connectivity index (χ1) is 16.2. The summed E-state index contributed by atoms with van der Waals surface area (Å²) in [6, 6.07) is 18.7. The van der Waals surface area contributed by atoms with Crippen molar-refractivity contribution >= 4 is 11.8 Å². The fourth-order valence-corrected chi connectivity index (χ4v) is 2.93. The summed E-state index contributed by atoms with van der Waals surface area (Å²) in [6.07, 6.45) is 1.62. The summed E-state index contributed by atoms with van der Waals surface area (Å²) in [5, 5.41) is 5.69. The summed E-state index contributed by atoms with van der Waals surface area (Å²) >= 11 is 0. The molecule has 0 fully saturated rings. The molecule has 0 aliphatic carbocycles. The molecular weight excluding hydrogens is 424 g/mol. The molecule has 180 valence electrons. The van der Waals surface area contributed by atoms with Gasteiger partial charge in [0.05, 0.1) is 13.2 Å². The Morgan fingerprint density at radius 3 is 1.79 bits per heavy atom. The minimum atomic E-state index is -0.237. The Balaban J connectivity index is 1.52. The van der Waals surface area contributed by atoms with Crippen molar-refractivity contribution in [2.24, 2.45) is 0 Å². The van der Waals surface area contributed by atoms with Crippen molar-refractivity contribution in [1.29, 1.82) is 0 Å². The van der Waals surface area contributed by atoms with Crippen LogP contribution in [0.3, 0.4) is 0 Å². The number of carbonyl (C=O) groups excluding carboxylic acids is 2. The van der Waals surface area contributed by atoms with E-state index in [1.54, 1.807) is 0 Å². The summed E-state index contributed by atoms with van der Waals surface area (Å²) in [7, 11) is 0. The molecule has 0 spiro atoms. The SMILES string of the molecule is CCCC(CNC(=O)COCCOc1ccccc1)NC(=O)COCCOc1ccccc1. The number of hydrogen-bond donors (Lipinski definition) is 2. The smallest absolute Gasteiger partial charge is 0.246 e. The zero-order valence-corrected chi connectivity index (χ0v) is 19.2. The van der Waals surface area contributed by atoms with Crippen molar-refractivity contribution in [3.8, 4) is 11.5 Å². The number of hydrogen-bond acceptors (Lipinski definition) is 6. The van der Waals surface area contributed by atoms with Crippen LogP contribution in [0.1, 0.15) is 19.8 Å². The zero-order valence-electron chi connectivity index (χ0n) is 19.2. The van der Waals surface area contributed by atoms with Crippen molar-refractivity contribution in [3.63, 3.8) is 0 Å². The third-order valence-corrected chi connectivity index (χ3v) is 4.49. The Labute approximate surface area is 195 Å². The Bertz CT molecular complexity index is 788. The molecule has 0 aliphatic heterocycles. The van der Waals surface area contributed by atoms with Gasteiger partial charge in [0.2, 0.25) is 11.8 Å². The van der Waals surface area contributed by atoms with Crippen LogP contribution in [-0.2, 0) is 19.1 Å². The topological polar surface area (TPSA) is 95.1 Å². The van der Waals surface area contributed by atoms with Crippen molar-refractivity contribution in [3.05, 3.63) is 60.7 Å². The normalized spacial score (nSPS) is 11.4. The fourth-order valence-electron chi connectivity index (χ4n) is 2.93. The van der Waals surface area contributed by atoms with Crippen LogP contribution in [0, 0.1) is 0 Å². The molecule has 1 atom stereocenters. The molecule has 1 unspecified atom stereocenters. The van der Waals surface area contributed by atoms with E-state index >= 15 is 0 Å². The summed E-state index contributed by atoms with van der Waals surface area (Å²) in [5.74, 6) is 1.06. The molecule has 2 amide bonds. The van der Waals surface area contributed by atoms with Crippen LogP contribution in [0.4, 0.5) is 0 Å². The molecule has 33 heavy (non-hydrogen) atoms. The van der Waals surface area contributed by atoms with Gasteiger partial charge in [-0.3, -0.25) is 9.59 Å². The summed E-state index contributed by atoms with van der Waals surface area (Å²) < 4.78 is 21.7. The van der Waals surface area contributed by atoms with E-state index in [0.717, 1.165) is 24.3 Å². The molecule has 2 aromatic carbocycles. The van der Waals surface area contributed by atoms with E-state index in [9.17, 15) is 9.59 Å². The molecular formula is C25H34N2O6. The minimum absolute atomic E-state index is 0.0587. The average Bonchev–Trinajstić information content (AvgIpc) is 2.83. The molecule has 0 bridgehead atoms. The minimum Gasteiger partial charge on any atom is -0.491 e. The average molecular weight is 459 g/mol. The predicted molar refractivity (Wildman–Crippen MR) is 125 cm³/mol. The second-order valence-electron chi connectivity index (χ2n) is 7.29. The predicted octanol–water partition coefficient (Wildman–Crippen LogP) is 2.58. The van der Waals surface area contributed by atoms with Gasteiger partial charge in [0.25, 0.3) is 0 Å². The number of para-hydroxylation sites is 2. The third-order valence-electron chi connectivity index (χ3n) is 4.49. The van der Waals surface area contributed by atoms with Crippen molar-refractivity contribution in [2.45, 2.75) is 25.8 Å². The Morgan fingerprint density at radius 1 is 0.758 bits per heavy atom. The summed E-state index contributed by atoms with van der Waals surface area (Å²) in [5.41, 5.74) is 0. The first-order valence-electron chi connectivity index (χ1n) is 11.2. The Morgan fingerprint density at radius 2 is 1.27 bits per heavy atom. The van der Waals surface area contributed by atoms with E-state index in [-0.39, 0.29) is 31.1 Å². The van der Waals surface area contributed by atoms with Crippen molar-refractivity contribution in [1.82, 2.24) is 10.6 Å². The highest BCUT2D eigenvalue weighted by atomic mass is 16.5. The standard InChI is InChI=1S/C25H34N2O6/c1-2-9-21(27-25(29)20-31-15-17-33-23-12-7-4-8-13-23)18-26-24(28)19-30-14-16-32-22-10-5-3-6-11-22/h3-8,10-13,21H,2,9,14-20H2,1H3,(H,26,28)(H,27,29). The van der Waals surface area contributed by atoms with Crippen LogP contribution >= 0.6 is 0 Å². The van der Waals surface area contributed by atoms with Crippen LogP contribution in [0.5, 0.6) is 11.5 Å².